The summed E-state index contributed by atoms with van der Waals surface area (Å²) in [5, 5.41) is 12.2. The lowest BCUT2D eigenvalue weighted by Crippen LogP contribution is -2.18. The molecule has 1 unspecified atom stereocenters. The maximum atomic E-state index is 8.60. The number of aliphatic hydroxyl groups is 1. The van der Waals surface area contributed by atoms with Crippen LogP contribution >= 0.6 is 0 Å². The van der Waals surface area contributed by atoms with E-state index in [1.54, 1.807) is 12.2 Å². The van der Waals surface area contributed by atoms with Crippen molar-refractivity contribution in [3.8, 4) is 0 Å². The Balaban J connectivity index is 2.37. The maximum Gasteiger partial charge on any atom is 0.246 e. The molecule has 0 fully saturated rings. The van der Waals surface area contributed by atoms with Crippen molar-refractivity contribution in [3.05, 3.63) is 12.2 Å². The Kier molecular flexibility index (Phi) is 3.07. The van der Waals surface area contributed by atoms with E-state index in [-0.39, 0.29) is 6.61 Å². The highest BCUT2D eigenvalue weighted by Gasteiger charge is 2.09. The summed E-state index contributed by atoms with van der Waals surface area (Å²) in [5.41, 5.74) is 0.515. The van der Waals surface area contributed by atoms with Gasteiger partial charge in [0.2, 0.25) is 6.29 Å². The molecule has 1 rings (SSSR count). The van der Waals surface area contributed by atoms with E-state index >= 15 is 0 Å². The van der Waals surface area contributed by atoms with Crippen molar-refractivity contribution < 1.29 is 14.7 Å². The van der Waals surface area contributed by atoms with E-state index in [1.807, 2.05) is 6.92 Å². The normalized spacial score (nSPS) is 22.7. The molecule has 0 radical (unpaired) electrons. The highest BCUT2D eigenvalue weighted by molar-refractivity contribution is 5.95. The minimum absolute atomic E-state index is 0.102. The molecule has 1 N–H and O–H groups in total. The Morgan fingerprint density at radius 3 is 3.09 bits per heavy atom. The van der Waals surface area contributed by atoms with Gasteiger partial charge in [-0.25, -0.2) is 0 Å². The van der Waals surface area contributed by atoms with E-state index in [0.29, 0.717) is 12.3 Å². The summed E-state index contributed by atoms with van der Waals surface area (Å²) in [6.45, 7) is 2.36. The Morgan fingerprint density at radius 2 is 2.64 bits per heavy atom. The van der Waals surface area contributed by atoms with Crippen molar-refractivity contribution in [2.45, 2.75) is 13.2 Å². The highest BCUT2D eigenvalue weighted by Crippen LogP contribution is 2.03. The monoisotopic (exact) mass is 157 g/mol. The minimum atomic E-state index is -0.393. The first-order chi connectivity index (χ1) is 5.36. The standard InChI is InChI=1S/C7H11NO3/c1-2-10-7-4-3-6(5-9)8-11-7/h3-4,7,9H,2,5H2,1H3. The number of ether oxygens (including phenoxy) is 1. The lowest BCUT2D eigenvalue weighted by molar-refractivity contribution is -0.109. The fourth-order valence-corrected chi connectivity index (χ4v) is 0.707. The van der Waals surface area contributed by atoms with Gasteiger partial charge in [-0.15, -0.1) is 0 Å². The molecule has 0 aromatic rings. The second-order valence-electron chi connectivity index (χ2n) is 2.03. The van der Waals surface area contributed by atoms with Gasteiger partial charge in [0.15, 0.2) is 0 Å². The van der Waals surface area contributed by atoms with Gasteiger partial charge in [0, 0.05) is 6.61 Å². The molecule has 62 valence electrons. The predicted molar refractivity (Wildman–Crippen MR) is 40.2 cm³/mol. The third-order valence-electron chi connectivity index (χ3n) is 1.21. The number of aliphatic hydroxyl groups excluding tert-OH is 1. The molecule has 4 nitrogen and oxygen atoms in total. The Bertz CT molecular complexity index is 177. The fraction of sp³-hybridized carbons (Fsp3) is 0.571. The van der Waals surface area contributed by atoms with Crippen LogP contribution in [0.4, 0.5) is 0 Å². The second-order valence-corrected chi connectivity index (χ2v) is 2.03. The van der Waals surface area contributed by atoms with Crippen LogP contribution in [-0.4, -0.2) is 30.3 Å². The third-order valence-corrected chi connectivity index (χ3v) is 1.21. The first kappa shape index (κ1) is 8.23. The number of oxime groups is 1. The molecule has 0 aliphatic carbocycles. The molecule has 1 aliphatic rings. The van der Waals surface area contributed by atoms with Gasteiger partial charge >= 0.3 is 0 Å². The molecule has 1 aliphatic heterocycles. The summed E-state index contributed by atoms with van der Waals surface area (Å²) in [4.78, 5) is 4.84. The summed E-state index contributed by atoms with van der Waals surface area (Å²) in [6, 6.07) is 0. The van der Waals surface area contributed by atoms with Gasteiger partial charge in [-0.05, 0) is 19.1 Å². The van der Waals surface area contributed by atoms with Crippen LogP contribution in [0, 0.1) is 0 Å². The Morgan fingerprint density at radius 1 is 1.82 bits per heavy atom. The van der Waals surface area contributed by atoms with Crippen LogP contribution in [0.2, 0.25) is 0 Å². The summed E-state index contributed by atoms with van der Waals surface area (Å²) in [5.74, 6) is 0. The van der Waals surface area contributed by atoms with Crippen LogP contribution in [-0.2, 0) is 9.57 Å². The Hall–Kier alpha value is -0.870. The van der Waals surface area contributed by atoms with E-state index in [0.717, 1.165) is 0 Å². The van der Waals surface area contributed by atoms with Crippen molar-refractivity contribution in [1.29, 1.82) is 0 Å². The van der Waals surface area contributed by atoms with E-state index < -0.39 is 6.29 Å². The zero-order chi connectivity index (χ0) is 8.10. The first-order valence-electron chi connectivity index (χ1n) is 3.50. The fourth-order valence-electron chi connectivity index (χ4n) is 0.707. The average Bonchev–Trinajstić information content (AvgIpc) is 2.07. The SMILES string of the molecule is CCOC1C=CC(CO)=NO1. The average molecular weight is 157 g/mol. The molecule has 1 atom stereocenters. The Labute approximate surface area is 65.1 Å². The van der Waals surface area contributed by atoms with Crippen molar-refractivity contribution in [2.75, 3.05) is 13.2 Å². The van der Waals surface area contributed by atoms with Crippen molar-refractivity contribution in [2.24, 2.45) is 5.16 Å². The molecule has 0 spiro atoms. The van der Waals surface area contributed by atoms with Gasteiger partial charge in [0.25, 0.3) is 0 Å². The minimum Gasteiger partial charge on any atom is -0.390 e. The quantitative estimate of drug-likeness (QED) is 0.640. The van der Waals surface area contributed by atoms with E-state index in [9.17, 15) is 0 Å². The first-order valence-corrected chi connectivity index (χ1v) is 3.50. The molecule has 0 saturated heterocycles. The van der Waals surface area contributed by atoms with Crippen molar-refractivity contribution in [3.63, 3.8) is 0 Å². The van der Waals surface area contributed by atoms with Gasteiger partial charge in [-0.1, -0.05) is 5.16 Å². The van der Waals surface area contributed by atoms with E-state index in [4.69, 9.17) is 14.7 Å². The van der Waals surface area contributed by atoms with Crippen LogP contribution in [0.3, 0.4) is 0 Å². The topological polar surface area (TPSA) is 51.0 Å². The second kappa shape index (κ2) is 4.10. The summed E-state index contributed by atoms with van der Waals surface area (Å²) < 4.78 is 5.08. The third kappa shape index (κ3) is 2.32. The van der Waals surface area contributed by atoms with Crippen LogP contribution < -0.4 is 0 Å². The molecule has 0 aromatic heterocycles. The smallest absolute Gasteiger partial charge is 0.246 e. The summed E-state index contributed by atoms with van der Waals surface area (Å²) >= 11 is 0. The molecule has 0 saturated carbocycles. The summed E-state index contributed by atoms with van der Waals surface area (Å²) in [6.07, 6.45) is 3.00. The highest BCUT2D eigenvalue weighted by atomic mass is 16.8. The van der Waals surface area contributed by atoms with Gasteiger partial charge in [-0.2, -0.15) is 0 Å². The molecule has 0 aromatic carbocycles. The van der Waals surface area contributed by atoms with Crippen molar-refractivity contribution in [1.82, 2.24) is 0 Å². The lowest BCUT2D eigenvalue weighted by atomic mass is 10.3. The van der Waals surface area contributed by atoms with Gasteiger partial charge in [0.1, 0.15) is 5.71 Å². The number of nitrogens with zero attached hydrogens (tertiary/aromatic N) is 1. The number of hydrogen-bond donors (Lipinski definition) is 1. The van der Waals surface area contributed by atoms with Crippen LogP contribution in [0.1, 0.15) is 6.92 Å². The molecule has 0 amide bonds. The largest absolute Gasteiger partial charge is 0.390 e. The van der Waals surface area contributed by atoms with Crippen molar-refractivity contribution >= 4 is 5.71 Å². The number of hydrogen-bond acceptors (Lipinski definition) is 4. The molecule has 1 heterocycles. The number of rotatable bonds is 3. The lowest BCUT2D eigenvalue weighted by Gasteiger charge is -2.14. The van der Waals surface area contributed by atoms with Gasteiger partial charge < -0.3 is 14.7 Å². The molecule has 4 heteroatoms. The van der Waals surface area contributed by atoms with Crippen LogP contribution in [0.15, 0.2) is 17.3 Å². The molecule has 0 bridgehead atoms. The van der Waals surface area contributed by atoms with E-state index in [1.165, 1.54) is 0 Å². The molecular weight excluding hydrogens is 146 g/mol. The van der Waals surface area contributed by atoms with Gasteiger partial charge in [-0.3, -0.25) is 0 Å². The zero-order valence-corrected chi connectivity index (χ0v) is 6.36. The molecular formula is C7H11NO3. The zero-order valence-electron chi connectivity index (χ0n) is 6.36. The summed E-state index contributed by atoms with van der Waals surface area (Å²) in [7, 11) is 0. The van der Waals surface area contributed by atoms with E-state index in [2.05, 4.69) is 5.16 Å². The predicted octanol–water partition coefficient (Wildman–Crippen LogP) is 0.284. The molecule has 11 heavy (non-hydrogen) atoms. The van der Waals surface area contributed by atoms with Crippen LogP contribution in [0.25, 0.3) is 0 Å². The van der Waals surface area contributed by atoms with Crippen LogP contribution in [0.5, 0.6) is 0 Å². The van der Waals surface area contributed by atoms with Gasteiger partial charge in [0.05, 0.1) is 6.61 Å². The maximum absolute atomic E-state index is 8.60.